The first-order valence-corrected chi connectivity index (χ1v) is 9.70. The molecular formula is C23H25N3O5. The van der Waals surface area contributed by atoms with Crippen molar-refractivity contribution in [2.75, 3.05) is 38.8 Å². The molecule has 0 aliphatic heterocycles. The number of amides is 2. The van der Waals surface area contributed by atoms with E-state index in [4.69, 9.17) is 14.2 Å². The van der Waals surface area contributed by atoms with E-state index >= 15 is 0 Å². The molecule has 0 spiro atoms. The van der Waals surface area contributed by atoms with Crippen molar-refractivity contribution in [2.24, 2.45) is 0 Å². The van der Waals surface area contributed by atoms with E-state index in [1.54, 1.807) is 30.3 Å². The molecule has 0 unspecified atom stereocenters. The molecule has 0 atom stereocenters. The van der Waals surface area contributed by atoms with Gasteiger partial charge in [0.15, 0.2) is 18.1 Å². The second-order valence-electron chi connectivity index (χ2n) is 6.26. The minimum absolute atomic E-state index is 0.0468. The van der Waals surface area contributed by atoms with Crippen LogP contribution in [0.4, 0.5) is 5.69 Å². The molecule has 0 bridgehead atoms. The Morgan fingerprint density at radius 1 is 1.10 bits per heavy atom. The van der Waals surface area contributed by atoms with Gasteiger partial charge >= 0.3 is 0 Å². The van der Waals surface area contributed by atoms with E-state index in [2.05, 4.69) is 10.6 Å². The minimum Gasteiger partial charge on any atom is -0.490 e. The van der Waals surface area contributed by atoms with Crippen LogP contribution in [-0.2, 0) is 14.3 Å². The Hall–Kier alpha value is -3.83. The number of nitrogens with one attached hydrogen (secondary N) is 2. The van der Waals surface area contributed by atoms with Crippen LogP contribution in [0.2, 0.25) is 0 Å². The number of hydrogen-bond donors (Lipinski definition) is 2. The van der Waals surface area contributed by atoms with Gasteiger partial charge in [0.1, 0.15) is 11.6 Å². The van der Waals surface area contributed by atoms with Gasteiger partial charge in [-0.2, -0.15) is 5.26 Å². The van der Waals surface area contributed by atoms with Crippen LogP contribution < -0.4 is 20.1 Å². The second kappa shape index (κ2) is 12.7. The first kappa shape index (κ1) is 23.4. The van der Waals surface area contributed by atoms with Crippen molar-refractivity contribution in [2.45, 2.75) is 6.92 Å². The third-order valence-corrected chi connectivity index (χ3v) is 3.95. The lowest BCUT2D eigenvalue weighted by atomic mass is 10.1. The van der Waals surface area contributed by atoms with E-state index < -0.39 is 5.91 Å². The van der Waals surface area contributed by atoms with Crippen molar-refractivity contribution in [3.05, 3.63) is 59.7 Å². The summed E-state index contributed by atoms with van der Waals surface area (Å²) in [5.41, 5.74) is 1.21. The van der Waals surface area contributed by atoms with Gasteiger partial charge in [-0.1, -0.05) is 24.3 Å². The van der Waals surface area contributed by atoms with Crippen LogP contribution in [0.3, 0.4) is 0 Å². The lowest BCUT2D eigenvalue weighted by molar-refractivity contribution is -0.118. The summed E-state index contributed by atoms with van der Waals surface area (Å²) in [5.74, 6) is -0.0151. The average Bonchev–Trinajstić information content (AvgIpc) is 2.78. The molecule has 0 heterocycles. The van der Waals surface area contributed by atoms with Crippen LogP contribution in [0.1, 0.15) is 12.5 Å². The molecule has 2 amide bonds. The number of carbonyl (C=O) groups excluding carboxylic acids is 2. The van der Waals surface area contributed by atoms with Crippen LogP contribution in [0, 0.1) is 11.3 Å². The van der Waals surface area contributed by atoms with Crippen LogP contribution in [0.25, 0.3) is 6.08 Å². The number of para-hydroxylation sites is 1. The maximum absolute atomic E-state index is 12.1. The molecule has 8 nitrogen and oxygen atoms in total. The monoisotopic (exact) mass is 423 g/mol. The van der Waals surface area contributed by atoms with E-state index in [0.29, 0.717) is 42.5 Å². The molecule has 8 heteroatoms. The first-order valence-electron chi connectivity index (χ1n) is 9.70. The van der Waals surface area contributed by atoms with Crippen LogP contribution in [0.5, 0.6) is 11.5 Å². The number of benzene rings is 2. The Bertz CT molecular complexity index is 951. The Balaban J connectivity index is 2.08. The van der Waals surface area contributed by atoms with Crippen molar-refractivity contribution in [1.29, 1.82) is 5.26 Å². The molecule has 0 aliphatic rings. The van der Waals surface area contributed by atoms with Crippen molar-refractivity contribution >= 4 is 23.6 Å². The van der Waals surface area contributed by atoms with Crippen LogP contribution >= 0.6 is 0 Å². The highest BCUT2D eigenvalue weighted by molar-refractivity contribution is 6.01. The van der Waals surface area contributed by atoms with E-state index in [9.17, 15) is 14.9 Å². The summed E-state index contributed by atoms with van der Waals surface area (Å²) in [6.07, 6.45) is 1.45. The normalized spacial score (nSPS) is 10.7. The standard InChI is InChI=1S/C23H25N3O5/c1-3-30-21-14-17(13-18(15-24)23(28)25-11-12-29-2)9-10-20(21)31-16-22(27)26-19-7-5-4-6-8-19/h4-10,13-14H,3,11-12,16H2,1-2H3,(H,25,28)(H,26,27)/b18-13+. The molecule has 0 fully saturated rings. The number of nitriles is 1. The topological polar surface area (TPSA) is 110 Å². The summed E-state index contributed by atoms with van der Waals surface area (Å²) < 4.78 is 16.1. The number of anilines is 1. The summed E-state index contributed by atoms with van der Waals surface area (Å²) in [5, 5.41) is 14.6. The van der Waals surface area contributed by atoms with Crippen molar-refractivity contribution in [1.82, 2.24) is 5.32 Å². The summed E-state index contributed by atoms with van der Waals surface area (Å²) in [7, 11) is 1.53. The lowest BCUT2D eigenvalue weighted by Crippen LogP contribution is -2.27. The zero-order chi connectivity index (χ0) is 22.5. The number of nitrogens with zero attached hydrogens (tertiary/aromatic N) is 1. The summed E-state index contributed by atoms with van der Waals surface area (Å²) >= 11 is 0. The van der Waals surface area contributed by atoms with Gasteiger partial charge < -0.3 is 24.8 Å². The molecule has 2 aromatic carbocycles. The van der Waals surface area contributed by atoms with Crippen molar-refractivity contribution in [3.63, 3.8) is 0 Å². The second-order valence-corrected chi connectivity index (χ2v) is 6.26. The Morgan fingerprint density at radius 2 is 1.87 bits per heavy atom. The molecule has 31 heavy (non-hydrogen) atoms. The van der Waals surface area contributed by atoms with Crippen molar-refractivity contribution in [3.8, 4) is 17.6 Å². The van der Waals surface area contributed by atoms with E-state index in [0.717, 1.165) is 0 Å². The Kier molecular flexibility index (Phi) is 9.59. The van der Waals surface area contributed by atoms with Crippen LogP contribution in [-0.4, -0.2) is 45.3 Å². The number of carbonyl (C=O) groups is 2. The summed E-state index contributed by atoms with van der Waals surface area (Å²) in [6, 6.07) is 15.9. The van der Waals surface area contributed by atoms with E-state index in [-0.39, 0.29) is 18.1 Å². The van der Waals surface area contributed by atoms with Gasteiger partial charge in [0, 0.05) is 19.3 Å². The van der Waals surface area contributed by atoms with Gasteiger partial charge in [0.2, 0.25) is 0 Å². The maximum Gasteiger partial charge on any atom is 0.262 e. The molecule has 2 rings (SSSR count). The highest BCUT2D eigenvalue weighted by atomic mass is 16.5. The molecule has 2 aromatic rings. The third kappa shape index (κ3) is 7.84. The predicted molar refractivity (Wildman–Crippen MR) is 117 cm³/mol. The highest BCUT2D eigenvalue weighted by Crippen LogP contribution is 2.29. The largest absolute Gasteiger partial charge is 0.490 e. The van der Waals surface area contributed by atoms with Gasteiger partial charge in [-0.15, -0.1) is 0 Å². The molecular weight excluding hydrogens is 398 g/mol. The molecule has 0 saturated heterocycles. The molecule has 2 N–H and O–H groups in total. The molecule has 0 radical (unpaired) electrons. The average molecular weight is 423 g/mol. The lowest BCUT2D eigenvalue weighted by Gasteiger charge is -2.13. The zero-order valence-electron chi connectivity index (χ0n) is 17.5. The summed E-state index contributed by atoms with van der Waals surface area (Å²) in [4.78, 5) is 24.2. The van der Waals surface area contributed by atoms with Gasteiger partial charge in [0.25, 0.3) is 11.8 Å². The Morgan fingerprint density at radius 3 is 2.55 bits per heavy atom. The smallest absolute Gasteiger partial charge is 0.262 e. The fourth-order valence-corrected chi connectivity index (χ4v) is 2.54. The van der Waals surface area contributed by atoms with Gasteiger partial charge in [-0.05, 0) is 42.8 Å². The zero-order valence-corrected chi connectivity index (χ0v) is 17.5. The third-order valence-electron chi connectivity index (χ3n) is 3.95. The number of ether oxygens (including phenoxy) is 3. The fourth-order valence-electron chi connectivity index (χ4n) is 2.54. The first-order chi connectivity index (χ1) is 15.1. The fraction of sp³-hybridized carbons (Fsp3) is 0.261. The van der Waals surface area contributed by atoms with Crippen molar-refractivity contribution < 1.29 is 23.8 Å². The van der Waals surface area contributed by atoms with Gasteiger partial charge in [-0.3, -0.25) is 9.59 Å². The number of methoxy groups -OCH3 is 1. The van der Waals surface area contributed by atoms with Gasteiger partial charge in [0.05, 0.1) is 13.2 Å². The molecule has 0 aromatic heterocycles. The van der Waals surface area contributed by atoms with Gasteiger partial charge in [-0.25, -0.2) is 0 Å². The van der Waals surface area contributed by atoms with E-state index in [1.807, 2.05) is 31.2 Å². The molecule has 162 valence electrons. The van der Waals surface area contributed by atoms with E-state index in [1.165, 1.54) is 13.2 Å². The number of rotatable bonds is 11. The summed E-state index contributed by atoms with van der Waals surface area (Å²) in [6.45, 7) is 2.65. The minimum atomic E-state index is -0.490. The SMILES string of the molecule is CCOc1cc(/C=C(\C#N)C(=O)NCCOC)ccc1OCC(=O)Nc1ccccc1. The predicted octanol–water partition coefficient (Wildman–Crippen LogP) is 2.77. The molecule has 0 aliphatic carbocycles. The number of hydrogen-bond acceptors (Lipinski definition) is 6. The molecule has 0 saturated carbocycles. The van der Waals surface area contributed by atoms with Crippen LogP contribution in [0.15, 0.2) is 54.1 Å². The Labute approximate surface area is 181 Å². The quantitative estimate of drug-likeness (QED) is 0.327. The highest BCUT2D eigenvalue weighted by Gasteiger charge is 2.12. The maximum atomic E-state index is 12.1.